The summed E-state index contributed by atoms with van der Waals surface area (Å²) >= 11 is 0. The molecule has 0 aliphatic heterocycles. The Morgan fingerprint density at radius 3 is 2.50 bits per heavy atom. The number of hydroxylamine groups is 2. The number of halogens is 1. The zero-order valence-corrected chi connectivity index (χ0v) is 7.64. The van der Waals surface area contributed by atoms with E-state index in [1.807, 2.05) is 0 Å². The minimum absolute atomic E-state index is 0.286. The molecule has 1 aromatic rings. The molecule has 1 aromatic carbocycles. The van der Waals surface area contributed by atoms with Crippen molar-refractivity contribution < 1.29 is 14.4 Å². The summed E-state index contributed by atoms with van der Waals surface area (Å²) in [5, 5.41) is 9.49. The van der Waals surface area contributed by atoms with Gasteiger partial charge in [-0.25, -0.2) is 4.39 Å². The highest BCUT2D eigenvalue weighted by Crippen LogP contribution is 2.04. The largest absolute Gasteiger partial charge is 0.289 e. The standard InChI is InChI=1S/C10H10FNO2/c1-12(14)7-6-10(13)8-2-4-9(11)5-3-8/h2-7,14H,1H3/b7-6-. The molecule has 14 heavy (non-hydrogen) atoms. The third kappa shape index (κ3) is 2.99. The van der Waals surface area contributed by atoms with Crippen LogP contribution in [0, 0.1) is 5.82 Å². The molecule has 0 aliphatic rings. The van der Waals surface area contributed by atoms with Gasteiger partial charge in [0.05, 0.1) is 0 Å². The van der Waals surface area contributed by atoms with Gasteiger partial charge in [0.15, 0.2) is 5.78 Å². The lowest BCUT2D eigenvalue weighted by molar-refractivity contribution is -0.0130. The predicted molar refractivity (Wildman–Crippen MR) is 49.4 cm³/mol. The van der Waals surface area contributed by atoms with Crippen molar-refractivity contribution in [2.24, 2.45) is 0 Å². The van der Waals surface area contributed by atoms with Crippen LogP contribution in [0.5, 0.6) is 0 Å². The number of hydrogen-bond acceptors (Lipinski definition) is 3. The summed E-state index contributed by atoms with van der Waals surface area (Å²) in [4.78, 5) is 11.3. The normalized spacial score (nSPS) is 10.5. The van der Waals surface area contributed by atoms with Crippen molar-refractivity contribution in [3.05, 3.63) is 47.9 Å². The molecular weight excluding hydrogens is 185 g/mol. The number of ketones is 1. The summed E-state index contributed by atoms with van der Waals surface area (Å²) in [6.45, 7) is 0. The maximum absolute atomic E-state index is 12.5. The fourth-order valence-electron chi connectivity index (χ4n) is 0.886. The van der Waals surface area contributed by atoms with E-state index < -0.39 is 0 Å². The molecule has 0 heterocycles. The molecule has 4 heteroatoms. The zero-order valence-electron chi connectivity index (χ0n) is 7.64. The van der Waals surface area contributed by atoms with E-state index in [-0.39, 0.29) is 11.6 Å². The molecule has 0 saturated heterocycles. The van der Waals surface area contributed by atoms with E-state index in [4.69, 9.17) is 5.21 Å². The molecule has 0 spiro atoms. The molecule has 0 atom stereocenters. The third-order valence-electron chi connectivity index (χ3n) is 1.57. The van der Waals surface area contributed by atoms with Crippen LogP contribution < -0.4 is 0 Å². The van der Waals surface area contributed by atoms with Crippen LogP contribution in [-0.2, 0) is 0 Å². The fraction of sp³-hybridized carbons (Fsp3) is 0.100. The summed E-state index contributed by atoms with van der Waals surface area (Å²) < 4.78 is 12.5. The topological polar surface area (TPSA) is 40.5 Å². The van der Waals surface area contributed by atoms with E-state index in [1.54, 1.807) is 0 Å². The minimum atomic E-state index is -0.384. The van der Waals surface area contributed by atoms with Gasteiger partial charge in [-0.3, -0.25) is 15.1 Å². The Hall–Kier alpha value is -1.68. The highest BCUT2D eigenvalue weighted by Gasteiger charge is 2.00. The number of allylic oxidation sites excluding steroid dienone is 1. The Kier molecular flexibility index (Phi) is 3.36. The first-order chi connectivity index (χ1) is 6.59. The van der Waals surface area contributed by atoms with Gasteiger partial charge in [0.25, 0.3) is 0 Å². The Morgan fingerprint density at radius 2 is 2.00 bits per heavy atom. The smallest absolute Gasteiger partial charge is 0.187 e. The number of rotatable bonds is 3. The Labute approximate surface area is 81.0 Å². The third-order valence-corrected chi connectivity index (χ3v) is 1.57. The van der Waals surface area contributed by atoms with Gasteiger partial charge in [0, 0.05) is 24.9 Å². The lowest BCUT2D eigenvalue weighted by atomic mass is 10.1. The second kappa shape index (κ2) is 4.53. The van der Waals surface area contributed by atoms with Crippen LogP contribution in [0.2, 0.25) is 0 Å². The Morgan fingerprint density at radius 1 is 1.43 bits per heavy atom. The van der Waals surface area contributed by atoms with Crippen molar-refractivity contribution in [2.45, 2.75) is 0 Å². The SMILES string of the molecule is CN(O)/C=C\C(=O)c1ccc(F)cc1. The summed E-state index contributed by atoms with van der Waals surface area (Å²) in [6, 6.07) is 5.20. The van der Waals surface area contributed by atoms with Crippen LogP contribution >= 0.6 is 0 Å². The molecule has 0 aromatic heterocycles. The average molecular weight is 195 g/mol. The number of carbonyl (C=O) groups excluding carboxylic acids is 1. The number of benzene rings is 1. The zero-order chi connectivity index (χ0) is 10.6. The van der Waals surface area contributed by atoms with Gasteiger partial charge in [-0.15, -0.1) is 0 Å². The Bertz CT molecular complexity index is 344. The molecule has 0 saturated carbocycles. The molecule has 3 nitrogen and oxygen atoms in total. The molecule has 1 N–H and O–H groups in total. The van der Waals surface area contributed by atoms with Crippen molar-refractivity contribution in [3.63, 3.8) is 0 Å². The molecule has 0 amide bonds. The maximum atomic E-state index is 12.5. The van der Waals surface area contributed by atoms with E-state index in [1.165, 1.54) is 43.6 Å². The first-order valence-electron chi connectivity index (χ1n) is 3.99. The highest BCUT2D eigenvalue weighted by molar-refractivity contribution is 6.04. The van der Waals surface area contributed by atoms with Gasteiger partial charge in [-0.05, 0) is 24.3 Å². The molecular formula is C10H10FNO2. The second-order valence-electron chi connectivity index (χ2n) is 2.76. The monoisotopic (exact) mass is 195 g/mol. The van der Waals surface area contributed by atoms with Gasteiger partial charge in [0.1, 0.15) is 5.82 Å². The highest BCUT2D eigenvalue weighted by atomic mass is 19.1. The average Bonchev–Trinajstić information content (AvgIpc) is 2.15. The van der Waals surface area contributed by atoms with E-state index in [2.05, 4.69) is 0 Å². The van der Waals surface area contributed by atoms with Crippen LogP contribution in [0.3, 0.4) is 0 Å². The second-order valence-corrected chi connectivity index (χ2v) is 2.76. The number of carbonyl (C=O) groups is 1. The first-order valence-corrected chi connectivity index (χ1v) is 3.99. The minimum Gasteiger partial charge on any atom is -0.289 e. The van der Waals surface area contributed by atoms with Gasteiger partial charge < -0.3 is 0 Å². The molecule has 1 rings (SSSR count). The summed E-state index contributed by atoms with van der Waals surface area (Å²) in [6.07, 6.45) is 2.42. The van der Waals surface area contributed by atoms with E-state index in [0.29, 0.717) is 5.56 Å². The van der Waals surface area contributed by atoms with Crippen LogP contribution in [-0.4, -0.2) is 23.1 Å². The fourth-order valence-corrected chi connectivity index (χ4v) is 0.886. The Balaban J connectivity index is 2.75. The quantitative estimate of drug-likeness (QED) is 0.454. The number of nitrogens with zero attached hydrogens (tertiary/aromatic N) is 1. The lowest BCUT2D eigenvalue weighted by Gasteiger charge is -2.00. The lowest BCUT2D eigenvalue weighted by Crippen LogP contribution is -2.04. The molecule has 0 bridgehead atoms. The van der Waals surface area contributed by atoms with Crippen LogP contribution in [0.4, 0.5) is 4.39 Å². The van der Waals surface area contributed by atoms with Crippen molar-refractivity contribution in [1.29, 1.82) is 0 Å². The summed E-state index contributed by atoms with van der Waals surface area (Å²) in [5.41, 5.74) is 0.379. The van der Waals surface area contributed by atoms with E-state index in [0.717, 1.165) is 5.06 Å². The van der Waals surface area contributed by atoms with Gasteiger partial charge in [0.2, 0.25) is 0 Å². The van der Waals surface area contributed by atoms with Crippen molar-refractivity contribution in [2.75, 3.05) is 7.05 Å². The van der Waals surface area contributed by atoms with Crippen molar-refractivity contribution in [3.8, 4) is 0 Å². The van der Waals surface area contributed by atoms with Crippen molar-refractivity contribution >= 4 is 5.78 Å². The molecule has 74 valence electrons. The summed E-state index contributed by atoms with van der Waals surface area (Å²) in [7, 11) is 1.38. The number of hydrogen-bond donors (Lipinski definition) is 1. The van der Waals surface area contributed by atoms with Gasteiger partial charge in [-0.2, -0.15) is 0 Å². The van der Waals surface area contributed by atoms with Crippen molar-refractivity contribution in [1.82, 2.24) is 5.06 Å². The summed E-state index contributed by atoms with van der Waals surface area (Å²) in [5.74, 6) is -0.671. The molecule has 0 unspecified atom stereocenters. The van der Waals surface area contributed by atoms with Gasteiger partial charge >= 0.3 is 0 Å². The first kappa shape index (κ1) is 10.4. The molecule has 0 radical (unpaired) electrons. The van der Waals surface area contributed by atoms with E-state index >= 15 is 0 Å². The van der Waals surface area contributed by atoms with Crippen LogP contribution in [0.15, 0.2) is 36.5 Å². The van der Waals surface area contributed by atoms with E-state index in [9.17, 15) is 9.18 Å². The van der Waals surface area contributed by atoms with Crippen LogP contribution in [0.1, 0.15) is 10.4 Å². The van der Waals surface area contributed by atoms with Crippen LogP contribution in [0.25, 0.3) is 0 Å². The molecule has 0 fully saturated rings. The maximum Gasteiger partial charge on any atom is 0.187 e. The molecule has 0 aliphatic carbocycles. The predicted octanol–water partition coefficient (Wildman–Crippen LogP) is 1.84. The van der Waals surface area contributed by atoms with Gasteiger partial charge in [-0.1, -0.05) is 0 Å².